The number of aliphatic hydroxyl groups is 3. The van der Waals surface area contributed by atoms with Gasteiger partial charge in [0.1, 0.15) is 0 Å². The van der Waals surface area contributed by atoms with Crippen molar-refractivity contribution in [2.45, 2.75) is 83.0 Å². The van der Waals surface area contributed by atoms with E-state index in [0.717, 1.165) is 6.42 Å². The molecule has 0 aromatic carbocycles. The average molecular weight is 354 g/mol. The third-order valence-corrected chi connectivity index (χ3v) is 4.91. The minimum atomic E-state index is -0.865. The van der Waals surface area contributed by atoms with Crippen LogP contribution >= 0.6 is 0 Å². The van der Waals surface area contributed by atoms with Crippen molar-refractivity contribution >= 4 is 5.97 Å². The highest BCUT2D eigenvalue weighted by Crippen LogP contribution is 2.36. The fourth-order valence-corrected chi connectivity index (χ4v) is 3.41. The van der Waals surface area contributed by atoms with Gasteiger partial charge in [-0.3, -0.25) is 4.79 Å². The van der Waals surface area contributed by atoms with Crippen LogP contribution in [0.4, 0.5) is 0 Å². The van der Waals surface area contributed by atoms with E-state index in [4.69, 9.17) is 5.11 Å². The maximum absolute atomic E-state index is 10.5. The Hall–Kier alpha value is -1.17. The first-order valence-corrected chi connectivity index (χ1v) is 9.55. The Morgan fingerprint density at radius 2 is 1.92 bits per heavy atom. The summed E-state index contributed by atoms with van der Waals surface area (Å²) in [5.74, 6) is -1.08. The van der Waals surface area contributed by atoms with E-state index in [2.05, 4.69) is 19.1 Å². The minimum absolute atomic E-state index is 0.0418. The van der Waals surface area contributed by atoms with Gasteiger partial charge in [-0.2, -0.15) is 0 Å². The number of rotatable bonds is 12. The summed E-state index contributed by atoms with van der Waals surface area (Å²) in [5.41, 5.74) is 0. The fraction of sp³-hybridized carbons (Fsp3) is 0.750. The summed E-state index contributed by atoms with van der Waals surface area (Å²) in [6, 6.07) is 0. The SMILES string of the molecule is CCCCCC=CC[C@@H]1[C@H](C=C[C@@H](O)CCCC(=O)O)[C@@H](O)C[C@H]1O. The summed E-state index contributed by atoms with van der Waals surface area (Å²) >= 11 is 0. The Balaban J connectivity index is 2.47. The molecule has 0 amide bonds. The molecule has 1 aliphatic carbocycles. The normalized spacial score (nSPS) is 28.2. The molecule has 5 heteroatoms. The number of hydrogen-bond donors (Lipinski definition) is 4. The zero-order valence-corrected chi connectivity index (χ0v) is 15.3. The monoisotopic (exact) mass is 354 g/mol. The third-order valence-electron chi connectivity index (χ3n) is 4.91. The van der Waals surface area contributed by atoms with E-state index >= 15 is 0 Å². The maximum Gasteiger partial charge on any atom is 0.303 e. The van der Waals surface area contributed by atoms with Crippen LogP contribution in [0.25, 0.3) is 0 Å². The third kappa shape index (κ3) is 8.66. The summed E-state index contributed by atoms with van der Waals surface area (Å²) in [6.07, 6.45) is 12.4. The van der Waals surface area contributed by atoms with E-state index in [-0.39, 0.29) is 18.3 Å². The van der Waals surface area contributed by atoms with E-state index < -0.39 is 24.3 Å². The molecular formula is C20H34O5. The molecule has 0 spiro atoms. The highest BCUT2D eigenvalue weighted by atomic mass is 16.4. The van der Waals surface area contributed by atoms with Crippen LogP contribution in [0.1, 0.15) is 64.7 Å². The average Bonchev–Trinajstić information content (AvgIpc) is 2.81. The van der Waals surface area contributed by atoms with Crippen molar-refractivity contribution < 1.29 is 25.2 Å². The lowest BCUT2D eigenvalue weighted by Gasteiger charge is -2.19. The second-order valence-corrected chi connectivity index (χ2v) is 7.05. The number of hydrogen-bond acceptors (Lipinski definition) is 4. The van der Waals surface area contributed by atoms with Gasteiger partial charge >= 0.3 is 5.97 Å². The first-order chi connectivity index (χ1) is 12.0. The molecule has 0 aromatic rings. The van der Waals surface area contributed by atoms with Gasteiger partial charge in [-0.15, -0.1) is 0 Å². The molecule has 0 radical (unpaired) electrons. The zero-order chi connectivity index (χ0) is 18.7. The van der Waals surface area contributed by atoms with E-state index in [0.29, 0.717) is 25.7 Å². The van der Waals surface area contributed by atoms with Gasteiger partial charge in [0.2, 0.25) is 0 Å². The van der Waals surface area contributed by atoms with Gasteiger partial charge in [0.25, 0.3) is 0 Å². The highest BCUT2D eigenvalue weighted by molar-refractivity contribution is 5.66. The van der Waals surface area contributed by atoms with Crippen molar-refractivity contribution in [2.24, 2.45) is 11.8 Å². The van der Waals surface area contributed by atoms with Crippen LogP contribution < -0.4 is 0 Å². The number of carbonyl (C=O) groups is 1. The number of carboxylic acid groups (broad SMARTS) is 1. The predicted octanol–water partition coefficient (Wildman–Crippen LogP) is 3.04. The molecule has 144 valence electrons. The predicted molar refractivity (Wildman–Crippen MR) is 98.1 cm³/mol. The van der Waals surface area contributed by atoms with Gasteiger partial charge in [0.05, 0.1) is 18.3 Å². The highest BCUT2D eigenvalue weighted by Gasteiger charge is 2.39. The molecule has 0 aromatic heterocycles. The van der Waals surface area contributed by atoms with Gasteiger partial charge in [0.15, 0.2) is 0 Å². The Kier molecular flexibility index (Phi) is 10.7. The van der Waals surface area contributed by atoms with Gasteiger partial charge in [-0.25, -0.2) is 0 Å². The Morgan fingerprint density at radius 3 is 2.60 bits per heavy atom. The molecule has 0 unspecified atom stereocenters. The summed E-state index contributed by atoms with van der Waals surface area (Å²) in [6.45, 7) is 2.17. The summed E-state index contributed by atoms with van der Waals surface area (Å²) in [4.78, 5) is 10.5. The van der Waals surface area contributed by atoms with E-state index in [1.165, 1.54) is 19.3 Å². The molecule has 0 bridgehead atoms. The summed E-state index contributed by atoms with van der Waals surface area (Å²) < 4.78 is 0. The van der Waals surface area contributed by atoms with Crippen molar-refractivity contribution in [1.82, 2.24) is 0 Å². The Morgan fingerprint density at radius 1 is 1.16 bits per heavy atom. The lowest BCUT2D eigenvalue weighted by Crippen LogP contribution is -2.20. The molecule has 5 nitrogen and oxygen atoms in total. The zero-order valence-electron chi connectivity index (χ0n) is 15.3. The minimum Gasteiger partial charge on any atom is -0.481 e. The molecule has 5 atom stereocenters. The number of allylic oxidation sites excluding steroid dienone is 2. The maximum atomic E-state index is 10.5. The van der Waals surface area contributed by atoms with Crippen molar-refractivity contribution in [2.75, 3.05) is 0 Å². The Labute approximate surface area is 151 Å². The number of aliphatic carboxylic acids is 1. The molecule has 1 saturated carbocycles. The van der Waals surface area contributed by atoms with Crippen LogP contribution in [0.2, 0.25) is 0 Å². The summed E-state index contributed by atoms with van der Waals surface area (Å²) in [5, 5.41) is 38.9. The van der Waals surface area contributed by atoms with Crippen LogP contribution in [0.15, 0.2) is 24.3 Å². The molecule has 0 heterocycles. The van der Waals surface area contributed by atoms with Crippen LogP contribution in [0.5, 0.6) is 0 Å². The molecule has 4 N–H and O–H groups in total. The number of unbranched alkanes of at least 4 members (excludes halogenated alkanes) is 3. The largest absolute Gasteiger partial charge is 0.481 e. The lowest BCUT2D eigenvalue weighted by molar-refractivity contribution is -0.137. The van der Waals surface area contributed by atoms with Gasteiger partial charge in [0, 0.05) is 18.8 Å². The second kappa shape index (κ2) is 12.2. The molecule has 25 heavy (non-hydrogen) atoms. The summed E-state index contributed by atoms with van der Waals surface area (Å²) in [7, 11) is 0. The van der Waals surface area contributed by atoms with Crippen LogP contribution in [-0.2, 0) is 4.79 Å². The van der Waals surface area contributed by atoms with E-state index in [1.54, 1.807) is 12.2 Å². The first-order valence-electron chi connectivity index (χ1n) is 9.55. The Bertz CT molecular complexity index is 432. The van der Waals surface area contributed by atoms with Crippen molar-refractivity contribution in [1.29, 1.82) is 0 Å². The molecule has 1 rings (SSSR count). The van der Waals surface area contributed by atoms with Gasteiger partial charge < -0.3 is 20.4 Å². The van der Waals surface area contributed by atoms with Crippen molar-refractivity contribution in [3.8, 4) is 0 Å². The molecule has 1 aliphatic rings. The van der Waals surface area contributed by atoms with Gasteiger partial charge in [-0.1, -0.05) is 44.1 Å². The van der Waals surface area contributed by atoms with Crippen LogP contribution in [-0.4, -0.2) is 44.7 Å². The molecule has 0 aliphatic heterocycles. The van der Waals surface area contributed by atoms with E-state index in [9.17, 15) is 20.1 Å². The molecule has 1 fully saturated rings. The topological polar surface area (TPSA) is 98.0 Å². The van der Waals surface area contributed by atoms with Crippen molar-refractivity contribution in [3.05, 3.63) is 24.3 Å². The molecule has 0 saturated heterocycles. The standard InChI is InChI=1S/C20H34O5/c1-2-3-4-5-6-7-10-16-17(19(23)14-18(16)22)13-12-15(21)9-8-11-20(24)25/h6-7,12-13,15-19,21-23H,2-5,8-11,14H2,1H3,(H,24,25)/t15-,16+,17-,18+,19-/m0/s1. The lowest BCUT2D eigenvalue weighted by atomic mass is 9.89. The quantitative estimate of drug-likeness (QED) is 0.319. The smallest absolute Gasteiger partial charge is 0.303 e. The van der Waals surface area contributed by atoms with E-state index in [1.807, 2.05) is 0 Å². The second-order valence-electron chi connectivity index (χ2n) is 7.05. The number of aliphatic hydroxyl groups excluding tert-OH is 3. The molecular weight excluding hydrogens is 320 g/mol. The van der Waals surface area contributed by atoms with Crippen LogP contribution in [0.3, 0.4) is 0 Å². The van der Waals surface area contributed by atoms with Crippen LogP contribution in [0, 0.1) is 11.8 Å². The first kappa shape index (κ1) is 21.9. The fourth-order valence-electron chi connectivity index (χ4n) is 3.41. The number of carboxylic acids is 1. The van der Waals surface area contributed by atoms with Crippen molar-refractivity contribution in [3.63, 3.8) is 0 Å². The van der Waals surface area contributed by atoms with Gasteiger partial charge in [-0.05, 0) is 38.0 Å².